The molecule has 0 unspecified atom stereocenters. The van der Waals surface area contributed by atoms with E-state index in [0.717, 1.165) is 0 Å². The first-order chi connectivity index (χ1) is 22.5. The van der Waals surface area contributed by atoms with Crippen LogP contribution in [0.5, 0.6) is 5.88 Å². The number of aliphatic carboxylic acids is 1. The van der Waals surface area contributed by atoms with Crippen LogP contribution in [0.3, 0.4) is 0 Å². The fraction of sp³-hybridized carbons (Fsp3) is 0.567. The summed E-state index contributed by atoms with van der Waals surface area (Å²) in [6.45, 7) is 4.11. The molecule has 3 atom stereocenters. The summed E-state index contributed by atoms with van der Waals surface area (Å²) in [5.74, 6) is -4.57. The Bertz CT molecular complexity index is 1610. The third-order valence-corrected chi connectivity index (χ3v) is 10.2. The number of anilines is 3. The van der Waals surface area contributed by atoms with E-state index in [4.69, 9.17) is 14.2 Å². The van der Waals surface area contributed by atoms with E-state index in [1.807, 2.05) is 17.9 Å². The van der Waals surface area contributed by atoms with Crippen LogP contribution < -0.4 is 19.4 Å². The number of aromatic nitrogens is 4. The number of alkyl halides is 4. The van der Waals surface area contributed by atoms with Crippen molar-refractivity contribution in [1.82, 2.24) is 19.9 Å². The maximum Gasteiger partial charge on any atom is 0.326 e. The van der Waals surface area contributed by atoms with Gasteiger partial charge < -0.3 is 34.0 Å². The number of hydrogen-bond acceptors (Lipinski definition) is 12. The second-order valence-corrected chi connectivity index (χ2v) is 13.2. The lowest BCUT2D eigenvalue weighted by atomic mass is 9.90. The predicted molar refractivity (Wildman–Crippen MR) is 163 cm³/mol. The molecule has 4 saturated heterocycles. The molecule has 252 valence electrons. The van der Waals surface area contributed by atoms with Gasteiger partial charge in [-0.25, -0.2) is 32.3 Å². The Morgan fingerprint density at radius 3 is 2.60 bits per heavy atom. The van der Waals surface area contributed by atoms with Gasteiger partial charge >= 0.3 is 5.97 Å². The standard InChI is InChI=1S/C30H33F4N7O5S/c1-17-29(15-44-16-29)45-9-8-40(17)20-11-18(39-6-4-30(33,34)5-7-39)13-35-26(20)46-19-12-21(27(42)43)41(14-19)28-37-24(22-3-2-10-47-22)36-25(38-28)23(31)32/h2-3,10-11,13,17,19,21,23H,4-9,12,14-16H2,1H3,(H,42,43)/t17-,19-,21-/m0/s1. The molecule has 1 spiro atoms. The Balaban J connectivity index is 1.20. The van der Waals surface area contributed by atoms with Crippen LogP contribution in [0.4, 0.5) is 34.9 Å². The number of hydrogen-bond donors (Lipinski definition) is 1. The monoisotopic (exact) mass is 679 g/mol. The minimum Gasteiger partial charge on any atom is -0.480 e. The minimum atomic E-state index is -3.00. The van der Waals surface area contributed by atoms with Gasteiger partial charge in [0.25, 0.3) is 12.3 Å². The number of carbonyl (C=O) groups is 1. The molecule has 0 aliphatic carbocycles. The number of piperidine rings is 1. The largest absolute Gasteiger partial charge is 0.480 e. The fourth-order valence-electron chi connectivity index (χ4n) is 6.51. The number of rotatable bonds is 8. The first-order valence-electron chi connectivity index (χ1n) is 15.4. The van der Waals surface area contributed by atoms with Crippen molar-refractivity contribution in [2.24, 2.45) is 0 Å². The number of carboxylic acid groups (broad SMARTS) is 1. The highest BCUT2D eigenvalue weighted by Crippen LogP contribution is 2.41. The first-order valence-corrected chi connectivity index (χ1v) is 16.3. The average molecular weight is 680 g/mol. The second-order valence-electron chi connectivity index (χ2n) is 12.2. The Hall–Kier alpha value is -3.83. The van der Waals surface area contributed by atoms with E-state index in [-0.39, 0.29) is 62.6 Å². The van der Waals surface area contributed by atoms with Gasteiger partial charge in [-0.1, -0.05) is 6.07 Å². The highest BCUT2D eigenvalue weighted by atomic mass is 32.1. The fourth-order valence-corrected chi connectivity index (χ4v) is 7.17. The summed E-state index contributed by atoms with van der Waals surface area (Å²) in [6, 6.07) is 3.98. The maximum atomic E-state index is 13.9. The van der Waals surface area contributed by atoms with Crippen molar-refractivity contribution in [3.05, 3.63) is 35.6 Å². The average Bonchev–Trinajstić information content (AvgIpc) is 3.72. The summed E-state index contributed by atoms with van der Waals surface area (Å²) >= 11 is 1.26. The smallest absolute Gasteiger partial charge is 0.326 e. The quantitative estimate of drug-likeness (QED) is 0.342. The molecule has 3 aromatic rings. The molecule has 0 amide bonds. The number of carboxylic acids is 1. The van der Waals surface area contributed by atoms with Crippen LogP contribution in [-0.4, -0.2) is 107 Å². The molecule has 0 aromatic carbocycles. The number of pyridine rings is 1. The lowest BCUT2D eigenvalue weighted by Gasteiger charge is -2.53. The number of morpholine rings is 1. The SMILES string of the molecule is C[C@@H]1N(c2cc(N3CCC(F)(F)CC3)cnc2O[C@H]2C[C@@H](C(=O)O)N(c3nc(-c4cccs4)nc(C(F)F)n3)C2)CCOC12COC2. The topological polar surface area (TPSA) is 126 Å². The third-order valence-electron chi connectivity index (χ3n) is 9.29. The Morgan fingerprint density at radius 1 is 1.15 bits per heavy atom. The van der Waals surface area contributed by atoms with E-state index in [2.05, 4.69) is 24.8 Å². The van der Waals surface area contributed by atoms with Gasteiger partial charge in [-0.3, -0.25) is 0 Å². The summed E-state index contributed by atoms with van der Waals surface area (Å²) in [4.78, 5) is 35.1. The molecule has 4 fully saturated rings. The van der Waals surface area contributed by atoms with Gasteiger partial charge in [-0.2, -0.15) is 9.97 Å². The molecule has 47 heavy (non-hydrogen) atoms. The van der Waals surface area contributed by atoms with Gasteiger partial charge in [0.05, 0.1) is 49.2 Å². The summed E-state index contributed by atoms with van der Waals surface area (Å²) in [5.41, 5.74) is 0.772. The van der Waals surface area contributed by atoms with Crippen LogP contribution in [0.1, 0.15) is 38.4 Å². The van der Waals surface area contributed by atoms with E-state index >= 15 is 0 Å². The van der Waals surface area contributed by atoms with E-state index in [1.165, 1.54) is 16.2 Å². The lowest BCUT2D eigenvalue weighted by Crippen LogP contribution is -2.68. The van der Waals surface area contributed by atoms with E-state index < -0.39 is 41.9 Å². The van der Waals surface area contributed by atoms with Gasteiger partial charge in [0, 0.05) is 38.9 Å². The zero-order chi connectivity index (χ0) is 32.9. The van der Waals surface area contributed by atoms with Gasteiger partial charge in [0.1, 0.15) is 23.4 Å². The zero-order valence-electron chi connectivity index (χ0n) is 25.4. The van der Waals surface area contributed by atoms with E-state index in [0.29, 0.717) is 42.6 Å². The molecule has 0 saturated carbocycles. The van der Waals surface area contributed by atoms with Crippen molar-refractivity contribution >= 4 is 34.6 Å². The molecule has 7 heterocycles. The van der Waals surface area contributed by atoms with Crippen molar-refractivity contribution in [2.45, 2.75) is 62.3 Å². The predicted octanol–water partition coefficient (Wildman–Crippen LogP) is 4.27. The van der Waals surface area contributed by atoms with Crippen LogP contribution in [0.2, 0.25) is 0 Å². The van der Waals surface area contributed by atoms with Gasteiger partial charge in [-0.05, 0) is 24.4 Å². The Labute approximate surface area is 271 Å². The van der Waals surface area contributed by atoms with E-state index in [1.54, 1.807) is 23.7 Å². The van der Waals surface area contributed by atoms with Crippen LogP contribution >= 0.6 is 11.3 Å². The van der Waals surface area contributed by atoms with Crippen LogP contribution in [-0.2, 0) is 14.3 Å². The molecule has 7 rings (SSSR count). The van der Waals surface area contributed by atoms with Crippen molar-refractivity contribution in [3.63, 3.8) is 0 Å². The van der Waals surface area contributed by atoms with E-state index in [9.17, 15) is 27.5 Å². The molecule has 3 aromatic heterocycles. The third kappa shape index (κ3) is 6.15. The van der Waals surface area contributed by atoms with Crippen LogP contribution in [0.25, 0.3) is 10.7 Å². The lowest BCUT2D eigenvalue weighted by molar-refractivity contribution is -0.228. The normalized spacial score (nSPS) is 25.3. The maximum absolute atomic E-state index is 13.9. The number of nitrogens with zero attached hydrogens (tertiary/aromatic N) is 7. The van der Waals surface area contributed by atoms with Crippen molar-refractivity contribution in [1.29, 1.82) is 0 Å². The summed E-state index contributed by atoms with van der Waals surface area (Å²) in [7, 11) is 0. The second kappa shape index (κ2) is 12.3. The summed E-state index contributed by atoms with van der Waals surface area (Å²) in [6.07, 6.45) is -2.67. The number of thiophene rings is 1. The number of ether oxygens (including phenoxy) is 3. The molecule has 1 N–H and O–H groups in total. The summed E-state index contributed by atoms with van der Waals surface area (Å²) in [5, 5.41) is 11.9. The molecule has 0 bridgehead atoms. The molecule has 12 nitrogen and oxygen atoms in total. The highest BCUT2D eigenvalue weighted by Gasteiger charge is 2.50. The minimum absolute atomic E-state index is 0.000114. The highest BCUT2D eigenvalue weighted by molar-refractivity contribution is 7.13. The molecule has 4 aliphatic heterocycles. The van der Waals surface area contributed by atoms with Gasteiger partial charge in [-0.15, -0.1) is 11.3 Å². The van der Waals surface area contributed by atoms with Crippen molar-refractivity contribution in [3.8, 4) is 16.6 Å². The van der Waals surface area contributed by atoms with Crippen LogP contribution in [0.15, 0.2) is 29.8 Å². The first kappa shape index (κ1) is 31.8. The Kier molecular flexibility index (Phi) is 8.32. The molecule has 4 aliphatic rings. The Morgan fingerprint density at radius 2 is 1.94 bits per heavy atom. The number of halogens is 4. The summed E-state index contributed by atoms with van der Waals surface area (Å²) < 4.78 is 73.6. The molecule has 0 radical (unpaired) electrons. The van der Waals surface area contributed by atoms with Crippen molar-refractivity contribution in [2.75, 3.05) is 60.7 Å². The molecule has 17 heteroatoms. The van der Waals surface area contributed by atoms with Gasteiger partial charge in [0.15, 0.2) is 5.82 Å². The zero-order valence-corrected chi connectivity index (χ0v) is 26.2. The molecular weight excluding hydrogens is 646 g/mol. The van der Waals surface area contributed by atoms with Crippen molar-refractivity contribution < 1.29 is 41.7 Å². The van der Waals surface area contributed by atoms with Crippen LogP contribution in [0, 0.1) is 0 Å². The molecular formula is C30H33F4N7O5S. The van der Waals surface area contributed by atoms with Gasteiger partial charge in [0.2, 0.25) is 17.7 Å².